The van der Waals surface area contributed by atoms with Crippen LogP contribution in [0, 0.1) is 0 Å². The summed E-state index contributed by atoms with van der Waals surface area (Å²) in [6.07, 6.45) is 10.3. The zero-order chi connectivity index (χ0) is 26.0. The number of rotatable bonds is 11. The van der Waals surface area contributed by atoms with Crippen LogP contribution in [0.2, 0.25) is 6.80 Å². The van der Waals surface area contributed by atoms with Gasteiger partial charge in [0.25, 0.3) is 0 Å². The molecule has 171 valence electrons. The van der Waals surface area contributed by atoms with Crippen LogP contribution in [0.15, 0.2) is 0 Å². The average molecular weight is 1290 g/mol. The molecule has 0 heterocycles. The Balaban J connectivity index is -0.000000102. The van der Waals surface area contributed by atoms with E-state index in [1.54, 1.807) is 6.92 Å². The Bertz CT molecular complexity index is 280. The van der Waals surface area contributed by atoms with Gasteiger partial charge < -0.3 is 0 Å². The van der Waals surface area contributed by atoms with E-state index >= 15 is 0 Å². The Hall–Kier alpha value is 6.10. The molecule has 0 spiro atoms. The fourth-order valence-corrected chi connectivity index (χ4v) is 7.63. The number of hydrogen-bond donors (Lipinski definition) is 0. The summed E-state index contributed by atoms with van der Waals surface area (Å²) in [5.74, 6) is 0. The quantitative estimate of drug-likeness (QED) is 0.0863. The van der Waals surface area contributed by atoms with Crippen LogP contribution in [-0.4, -0.2) is 36.0 Å². The maximum atomic E-state index is 6.94. The van der Waals surface area contributed by atoms with Crippen molar-refractivity contribution in [3.05, 3.63) is 0 Å². The summed E-state index contributed by atoms with van der Waals surface area (Å²) in [4.78, 5) is 0.477. The van der Waals surface area contributed by atoms with E-state index in [1.165, 1.54) is 53.8 Å². The molecular formula is C16H38B4I8-. The second-order valence-electron chi connectivity index (χ2n) is 4.60. The summed E-state index contributed by atoms with van der Waals surface area (Å²) >= 11 is 6.61. The average Bonchev–Trinajstić information content (AvgIpc) is 2.73. The van der Waals surface area contributed by atoms with Crippen molar-refractivity contribution in [3.63, 3.8) is 0 Å². The maximum absolute atomic E-state index is 6.94. The fraction of sp³-hybridized carbons (Fsp3) is 1.00. The molecule has 0 saturated heterocycles. The van der Waals surface area contributed by atoms with E-state index in [0.717, 1.165) is 6.42 Å². The van der Waals surface area contributed by atoms with Gasteiger partial charge in [-0.05, 0) is 0 Å². The minimum absolute atomic E-state index is 0.265. The SMILES string of the molecule is [2H]CC.[2H]CCCCCCCI([B])I.[2H]CI([B])I.[2H]C[B][I-]I.[B]I(I)CCCCC. The number of hydrogen-bond acceptors (Lipinski definition) is 0. The molecule has 0 N–H and O–H groups in total. The first-order valence-electron chi connectivity index (χ1n) is 11.4. The Morgan fingerprint density at radius 3 is 1.61 bits per heavy atom. The molecule has 7 radical (unpaired) electrons. The summed E-state index contributed by atoms with van der Waals surface area (Å²) < 4.78 is 28.9. The van der Waals surface area contributed by atoms with Gasteiger partial charge in [-0.1, -0.05) is 13.8 Å². The van der Waals surface area contributed by atoms with Crippen LogP contribution in [0.4, 0.5) is 0 Å². The molecule has 0 aliphatic rings. The Kier molecular flexibility index (Phi) is 56.6. The van der Waals surface area contributed by atoms with Crippen LogP contribution >= 0.6 is 121 Å². The van der Waals surface area contributed by atoms with Gasteiger partial charge in [0.15, 0.2) is 0 Å². The van der Waals surface area contributed by atoms with E-state index in [-0.39, 0.29) is 17.0 Å². The molecule has 0 atom stereocenters. The molecule has 0 fully saturated rings. The third-order valence-corrected chi connectivity index (χ3v) is 13.9. The van der Waals surface area contributed by atoms with Crippen molar-refractivity contribution < 1.29 is 22.5 Å². The van der Waals surface area contributed by atoms with Crippen molar-refractivity contribution in [2.24, 2.45) is 0 Å². The zero-order valence-corrected chi connectivity index (χ0v) is 34.5. The standard InChI is InChI=1S/C7H15BI2.C5H11BI2.C2H6.2CH3BI2/c1-2-3-4-5-6-7-10(8)9;1-2-3-4-5-8(6)7;1-2;1-4(2)3;1-2-4-3/h2-7H2,1H3;2-5H2,1H3;1-2H3;2*1H3/q;;;;-1/i1D;;3*1D. The molecule has 0 bridgehead atoms. The van der Waals surface area contributed by atoms with E-state index in [1.807, 2.05) is 5.14 Å². The van der Waals surface area contributed by atoms with E-state index in [4.69, 9.17) is 22.6 Å². The molecule has 12 heteroatoms. The molecule has 0 rings (SSSR count). The Labute approximate surface area is 259 Å². The van der Waals surface area contributed by atoms with Crippen LogP contribution in [-0.2, 0) is 0 Å². The summed E-state index contributed by atoms with van der Waals surface area (Å²) in [6, 6.07) is 0. The van der Waals surface area contributed by atoms with Crippen LogP contribution in [0.5, 0.6) is 0 Å². The topological polar surface area (TPSA) is 0 Å². The monoisotopic (exact) mass is 1290 g/mol. The van der Waals surface area contributed by atoms with Gasteiger partial charge in [0.1, 0.15) is 0 Å². The molecule has 0 aromatic heterocycles. The molecule has 0 nitrogen and oxygen atoms in total. The first-order valence-corrected chi connectivity index (χ1v) is 43.3. The summed E-state index contributed by atoms with van der Waals surface area (Å²) in [5.41, 5.74) is 16.7. The van der Waals surface area contributed by atoms with Gasteiger partial charge in [-0.25, -0.2) is 0 Å². The van der Waals surface area contributed by atoms with Crippen molar-refractivity contribution in [2.75, 3.05) is 13.8 Å². The molecule has 0 aromatic rings. The molecule has 0 aromatic carbocycles. The first-order chi connectivity index (χ1) is 15.1. The van der Waals surface area contributed by atoms with Crippen LogP contribution in [0.25, 0.3) is 0 Å². The van der Waals surface area contributed by atoms with Crippen LogP contribution in [0.3, 0.4) is 0 Å². The van der Waals surface area contributed by atoms with Crippen molar-refractivity contribution in [2.45, 2.75) is 85.8 Å². The van der Waals surface area contributed by atoms with Gasteiger partial charge in [0, 0.05) is 1.37 Å². The predicted octanol–water partition coefficient (Wildman–Crippen LogP) is 7.69. The first kappa shape index (κ1) is 34.1. The summed E-state index contributed by atoms with van der Waals surface area (Å²) in [7, 11) is 0. The number of unbranched alkanes of at least 4 members (excludes halogenated alkanes) is 6. The second-order valence-corrected chi connectivity index (χ2v) is 38.1. The number of halogens is 8. The zero-order valence-electron chi connectivity index (χ0n) is 21.2. The van der Waals surface area contributed by atoms with Crippen LogP contribution < -0.4 is 17.0 Å². The van der Waals surface area contributed by atoms with Gasteiger partial charge in [-0.3, -0.25) is 0 Å². The molecule has 28 heavy (non-hydrogen) atoms. The summed E-state index contributed by atoms with van der Waals surface area (Å²) in [6.45, 7) is 5.63. The Morgan fingerprint density at radius 1 is 0.893 bits per heavy atom. The third-order valence-electron chi connectivity index (χ3n) is 2.29. The van der Waals surface area contributed by atoms with Gasteiger partial charge in [0.2, 0.25) is 0 Å². The van der Waals surface area contributed by atoms with Crippen molar-refractivity contribution in [1.82, 2.24) is 0 Å². The molecular weight excluding hydrogens is 1250 g/mol. The molecule has 0 amide bonds. The van der Waals surface area contributed by atoms with Crippen molar-refractivity contribution in [3.8, 4) is 0 Å². The van der Waals surface area contributed by atoms with Gasteiger partial charge in [0.05, 0.1) is 0 Å². The van der Waals surface area contributed by atoms with Crippen molar-refractivity contribution in [1.29, 1.82) is 0 Å². The minimum atomic E-state index is -1.15. The molecule has 0 unspecified atom stereocenters. The molecule has 0 saturated carbocycles. The fourth-order valence-electron chi connectivity index (χ4n) is 1.22. The van der Waals surface area contributed by atoms with E-state index in [0.29, 0.717) is 25.5 Å². The molecule has 0 aliphatic heterocycles. The van der Waals surface area contributed by atoms with E-state index < -0.39 is 46.9 Å². The third kappa shape index (κ3) is 85.1. The summed E-state index contributed by atoms with van der Waals surface area (Å²) in [5, 5.41) is 2.01. The second kappa shape index (κ2) is 46.4. The van der Waals surface area contributed by atoms with Crippen LogP contribution in [0.1, 0.15) is 84.5 Å². The Morgan fingerprint density at radius 2 is 1.32 bits per heavy atom. The predicted molar refractivity (Wildman–Crippen MR) is 202 cm³/mol. The molecule has 0 aliphatic carbocycles. The van der Waals surface area contributed by atoms with Gasteiger partial charge >= 0.3 is 250 Å². The van der Waals surface area contributed by atoms with E-state index in [9.17, 15) is 0 Å². The van der Waals surface area contributed by atoms with Gasteiger partial charge in [-0.15, -0.1) is 0 Å². The van der Waals surface area contributed by atoms with E-state index in [2.05, 4.69) is 81.4 Å². The van der Waals surface area contributed by atoms with Gasteiger partial charge in [-0.2, -0.15) is 0 Å². The normalized spacial score (nSPS) is 12.1. The van der Waals surface area contributed by atoms with Crippen molar-refractivity contribution >= 4 is 144 Å². The number of alkyl halides is 3.